The van der Waals surface area contributed by atoms with Gasteiger partial charge >= 0.3 is 11.9 Å². The molecule has 9 heteroatoms. The molecule has 2 aliphatic rings. The van der Waals surface area contributed by atoms with Gasteiger partial charge in [-0.1, -0.05) is 18.6 Å². The van der Waals surface area contributed by atoms with E-state index in [1.165, 1.54) is 6.92 Å². The van der Waals surface area contributed by atoms with Crippen molar-refractivity contribution in [1.82, 2.24) is 5.01 Å². The number of carbonyl (C=O) groups is 3. The lowest BCUT2D eigenvalue weighted by atomic mass is 10.0. The second kappa shape index (κ2) is 7.40. The van der Waals surface area contributed by atoms with Crippen molar-refractivity contribution in [3.63, 3.8) is 0 Å². The Bertz CT molecular complexity index is 547. The van der Waals surface area contributed by atoms with E-state index in [0.717, 1.165) is 5.01 Å². The molecule has 0 aromatic heterocycles. The van der Waals surface area contributed by atoms with Crippen molar-refractivity contribution in [3.05, 3.63) is 0 Å². The average molecular weight is 324 g/mol. The summed E-state index contributed by atoms with van der Waals surface area (Å²) >= 11 is 0. The van der Waals surface area contributed by atoms with Crippen LogP contribution in [0.1, 0.15) is 39.5 Å². The minimum absolute atomic E-state index is 0.0920. The molecule has 3 unspecified atom stereocenters. The van der Waals surface area contributed by atoms with Gasteiger partial charge in [-0.25, -0.2) is 0 Å². The van der Waals surface area contributed by atoms with Gasteiger partial charge in [0.25, 0.3) is 5.78 Å². The first-order valence-corrected chi connectivity index (χ1v) is 7.58. The second-order valence-electron chi connectivity index (χ2n) is 5.49. The SMILES string of the molecule is CCCC(=N)C1N=NN(C2CCC(COC(C)=O)O2)C(=O)C1=O. The lowest BCUT2D eigenvalue weighted by Crippen LogP contribution is -2.48. The van der Waals surface area contributed by atoms with Crippen molar-refractivity contribution in [2.24, 2.45) is 10.3 Å². The van der Waals surface area contributed by atoms with E-state index in [0.29, 0.717) is 25.7 Å². The van der Waals surface area contributed by atoms with Crippen molar-refractivity contribution in [3.8, 4) is 0 Å². The van der Waals surface area contributed by atoms with Crippen molar-refractivity contribution in [2.75, 3.05) is 6.61 Å². The van der Waals surface area contributed by atoms with E-state index in [4.69, 9.17) is 14.9 Å². The molecule has 0 saturated carbocycles. The van der Waals surface area contributed by atoms with E-state index in [-0.39, 0.29) is 18.4 Å². The number of ketones is 1. The summed E-state index contributed by atoms with van der Waals surface area (Å²) in [5.41, 5.74) is 0.0920. The third kappa shape index (κ3) is 3.98. The van der Waals surface area contributed by atoms with Gasteiger partial charge in [0.2, 0.25) is 0 Å². The standard InChI is InChI=1S/C14H20N4O5/c1-3-4-10(15)12-13(20)14(21)18(17-16-12)11-6-5-9(23-11)7-22-8(2)19/h9,11-12,15H,3-7H2,1-2H3. The van der Waals surface area contributed by atoms with Gasteiger partial charge in [0.1, 0.15) is 6.61 Å². The minimum Gasteiger partial charge on any atom is -0.463 e. The quantitative estimate of drug-likeness (QED) is 0.444. The zero-order valence-corrected chi connectivity index (χ0v) is 13.2. The van der Waals surface area contributed by atoms with E-state index in [2.05, 4.69) is 10.3 Å². The van der Waals surface area contributed by atoms with Crippen LogP contribution in [0.25, 0.3) is 0 Å². The monoisotopic (exact) mass is 324 g/mol. The molecule has 1 amide bonds. The first kappa shape index (κ1) is 17.2. The van der Waals surface area contributed by atoms with E-state index in [9.17, 15) is 14.4 Å². The van der Waals surface area contributed by atoms with Gasteiger partial charge < -0.3 is 14.9 Å². The third-order valence-corrected chi connectivity index (χ3v) is 3.61. The number of nitrogens with zero attached hydrogens (tertiary/aromatic N) is 3. The van der Waals surface area contributed by atoms with E-state index < -0.39 is 29.9 Å². The highest BCUT2D eigenvalue weighted by Crippen LogP contribution is 2.26. The van der Waals surface area contributed by atoms with Crippen LogP contribution >= 0.6 is 0 Å². The molecule has 0 aromatic carbocycles. The Hall–Kier alpha value is -2.16. The van der Waals surface area contributed by atoms with E-state index in [1.807, 2.05) is 6.92 Å². The molecule has 0 radical (unpaired) electrons. The fourth-order valence-electron chi connectivity index (χ4n) is 2.45. The molecule has 1 fully saturated rings. The smallest absolute Gasteiger partial charge is 0.316 e. The normalized spacial score (nSPS) is 27.4. The van der Waals surface area contributed by atoms with Crippen molar-refractivity contribution in [2.45, 2.75) is 57.9 Å². The summed E-state index contributed by atoms with van der Waals surface area (Å²) in [6.45, 7) is 3.28. The van der Waals surface area contributed by atoms with Crippen molar-refractivity contribution >= 4 is 23.4 Å². The summed E-state index contributed by atoms with van der Waals surface area (Å²) < 4.78 is 10.4. The number of ether oxygens (including phenoxy) is 2. The number of esters is 1. The molecule has 9 nitrogen and oxygen atoms in total. The molecular weight excluding hydrogens is 304 g/mol. The number of nitrogens with one attached hydrogen (secondary N) is 1. The summed E-state index contributed by atoms with van der Waals surface area (Å²) in [6.07, 6.45) is 1.11. The van der Waals surface area contributed by atoms with Crippen LogP contribution in [-0.4, -0.2) is 53.4 Å². The molecule has 0 aromatic rings. The van der Waals surface area contributed by atoms with Gasteiger partial charge in [-0.3, -0.25) is 14.4 Å². The first-order chi connectivity index (χ1) is 10.9. The molecule has 3 atom stereocenters. The van der Waals surface area contributed by atoms with E-state index >= 15 is 0 Å². The zero-order chi connectivity index (χ0) is 17.0. The Balaban J connectivity index is 1.98. The molecule has 0 aliphatic carbocycles. The minimum atomic E-state index is -1.11. The Morgan fingerprint density at radius 1 is 1.43 bits per heavy atom. The summed E-state index contributed by atoms with van der Waals surface area (Å²) in [6, 6.07) is -1.11. The molecule has 1 N–H and O–H groups in total. The Morgan fingerprint density at radius 2 is 2.17 bits per heavy atom. The van der Waals surface area contributed by atoms with Crippen LogP contribution in [0.2, 0.25) is 0 Å². The summed E-state index contributed by atoms with van der Waals surface area (Å²) in [4.78, 5) is 35.1. The van der Waals surface area contributed by atoms with Gasteiger partial charge in [-0.2, -0.15) is 10.1 Å². The topological polar surface area (TPSA) is 121 Å². The largest absolute Gasteiger partial charge is 0.463 e. The van der Waals surface area contributed by atoms with Crippen LogP contribution in [0.4, 0.5) is 0 Å². The average Bonchev–Trinajstić information content (AvgIpc) is 2.96. The number of rotatable bonds is 6. The molecule has 0 bridgehead atoms. The first-order valence-electron chi connectivity index (χ1n) is 7.58. The molecule has 23 heavy (non-hydrogen) atoms. The maximum atomic E-state index is 12.2. The maximum Gasteiger partial charge on any atom is 0.316 e. The van der Waals surface area contributed by atoms with Crippen LogP contribution in [0.3, 0.4) is 0 Å². The van der Waals surface area contributed by atoms with Crippen LogP contribution in [0, 0.1) is 5.41 Å². The highest BCUT2D eigenvalue weighted by atomic mass is 16.6. The second-order valence-corrected chi connectivity index (χ2v) is 5.49. The Kier molecular flexibility index (Phi) is 5.54. The molecule has 2 heterocycles. The maximum absolute atomic E-state index is 12.2. The molecule has 1 saturated heterocycles. The molecule has 2 aliphatic heterocycles. The third-order valence-electron chi connectivity index (χ3n) is 3.61. The summed E-state index contributed by atoms with van der Waals surface area (Å²) in [7, 11) is 0. The van der Waals surface area contributed by atoms with Gasteiger partial charge in [-0.15, -0.1) is 0 Å². The lowest BCUT2D eigenvalue weighted by molar-refractivity contribution is -0.161. The van der Waals surface area contributed by atoms with Crippen molar-refractivity contribution in [1.29, 1.82) is 5.41 Å². The number of hydrogen-bond acceptors (Lipinski definition) is 8. The Labute approximate surface area is 133 Å². The highest BCUT2D eigenvalue weighted by molar-refractivity contribution is 6.42. The molecule has 126 valence electrons. The summed E-state index contributed by atoms with van der Waals surface area (Å²) in [5.74, 6) is -1.98. The lowest BCUT2D eigenvalue weighted by Gasteiger charge is -2.26. The van der Waals surface area contributed by atoms with Crippen LogP contribution < -0.4 is 0 Å². The number of amides is 1. The Morgan fingerprint density at radius 3 is 2.83 bits per heavy atom. The fourth-order valence-corrected chi connectivity index (χ4v) is 2.45. The predicted octanol–water partition coefficient (Wildman–Crippen LogP) is 1.02. The van der Waals surface area contributed by atoms with Gasteiger partial charge in [-0.05, 0) is 19.3 Å². The van der Waals surface area contributed by atoms with Gasteiger partial charge in [0.15, 0.2) is 12.3 Å². The van der Waals surface area contributed by atoms with Crippen LogP contribution in [-0.2, 0) is 23.9 Å². The van der Waals surface area contributed by atoms with Crippen molar-refractivity contribution < 1.29 is 23.9 Å². The summed E-state index contributed by atoms with van der Waals surface area (Å²) in [5, 5.41) is 16.3. The molecule has 0 spiro atoms. The molecule has 2 rings (SSSR count). The molecular formula is C14H20N4O5. The predicted molar refractivity (Wildman–Crippen MR) is 77.7 cm³/mol. The highest BCUT2D eigenvalue weighted by Gasteiger charge is 2.42. The zero-order valence-electron chi connectivity index (χ0n) is 13.2. The fraction of sp³-hybridized carbons (Fsp3) is 0.714. The number of carbonyl (C=O) groups excluding carboxylic acids is 3. The van der Waals surface area contributed by atoms with Crippen LogP contribution in [0.15, 0.2) is 10.3 Å². The van der Waals surface area contributed by atoms with Crippen LogP contribution in [0.5, 0.6) is 0 Å². The number of Topliss-reactive ketones (excluding diaryl/α,β-unsaturated/α-hetero) is 1. The van der Waals surface area contributed by atoms with Gasteiger partial charge in [0.05, 0.1) is 6.10 Å². The van der Waals surface area contributed by atoms with E-state index in [1.54, 1.807) is 0 Å². The van der Waals surface area contributed by atoms with Gasteiger partial charge in [0, 0.05) is 12.6 Å². The number of hydrogen-bond donors (Lipinski definition) is 1.